The van der Waals surface area contributed by atoms with Crippen molar-refractivity contribution < 1.29 is 0 Å². The molecule has 0 saturated carbocycles. The van der Waals surface area contributed by atoms with Crippen LogP contribution in [0.4, 0.5) is 5.82 Å². The second-order valence-electron chi connectivity index (χ2n) is 3.90. The Balaban J connectivity index is 2.27. The van der Waals surface area contributed by atoms with Crippen LogP contribution in [-0.4, -0.2) is 29.3 Å². The molecule has 7 heteroatoms. The van der Waals surface area contributed by atoms with Crippen LogP contribution in [0.1, 0.15) is 5.56 Å². The zero-order valence-electron chi connectivity index (χ0n) is 9.49. The van der Waals surface area contributed by atoms with Gasteiger partial charge in [0.1, 0.15) is 5.52 Å². The number of nitrogens with zero attached hydrogens (tertiary/aromatic N) is 6. The summed E-state index contributed by atoms with van der Waals surface area (Å²) in [6, 6.07) is 0. The Hall–Kier alpha value is -2.44. The standard InChI is InChI=1S/C10H11N7/c1-6-3-13-17(4-6)10-14-8(11)7-9(15-10)16(2)5-12-7/h3-5H,1-2H3,(H2,11,14,15). The molecule has 3 aromatic heterocycles. The molecule has 0 aliphatic carbocycles. The molecule has 0 aliphatic rings. The molecule has 0 unspecified atom stereocenters. The Morgan fingerprint density at radius 2 is 2.12 bits per heavy atom. The number of anilines is 1. The third kappa shape index (κ3) is 1.43. The van der Waals surface area contributed by atoms with E-state index in [0.29, 0.717) is 22.9 Å². The summed E-state index contributed by atoms with van der Waals surface area (Å²) in [6.07, 6.45) is 5.25. The Bertz CT molecular complexity index is 694. The third-order valence-electron chi connectivity index (χ3n) is 2.49. The van der Waals surface area contributed by atoms with Crippen LogP contribution >= 0.6 is 0 Å². The van der Waals surface area contributed by atoms with E-state index in [9.17, 15) is 0 Å². The molecule has 0 aliphatic heterocycles. The van der Waals surface area contributed by atoms with E-state index in [2.05, 4.69) is 20.1 Å². The van der Waals surface area contributed by atoms with Crippen LogP contribution in [-0.2, 0) is 7.05 Å². The van der Waals surface area contributed by atoms with E-state index < -0.39 is 0 Å². The number of nitrogen functional groups attached to an aromatic ring is 1. The summed E-state index contributed by atoms with van der Waals surface area (Å²) in [7, 11) is 1.86. The van der Waals surface area contributed by atoms with Gasteiger partial charge in [0.2, 0.25) is 0 Å². The lowest BCUT2D eigenvalue weighted by Gasteiger charge is -2.02. The van der Waals surface area contributed by atoms with Gasteiger partial charge < -0.3 is 10.3 Å². The van der Waals surface area contributed by atoms with Gasteiger partial charge in [-0.3, -0.25) is 0 Å². The second-order valence-corrected chi connectivity index (χ2v) is 3.90. The summed E-state index contributed by atoms with van der Waals surface area (Å²) < 4.78 is 3.39. The van der Waals surface area contributed by atoms with Crippen LogP contribution < -0.4 is 5.73 Å². The van der Waals surface area contributed by atoms with Gasteiger partial charge in [0.15, 0.2) is 11.5 Å². The fourth-order valence-corrected chi connectivity index (χ4v) is 1.64. The van der Waals surface area contributed by atoms with Gasteiger partial charge in [-0.25, -0.2) is 9.67 Å². The van der Waals surface area contributed by atoms with Crippen LogP contribution in [0, 0.1) is 6.92 Å². The van der Waals surface area contributed by atoms with E-state index in [1.807, 2.05) is 20.2 Å². The number of aryl methyl sites for hydroxylation is 2. The highest BCUT2D eigenvalue weighted by Gasteiger charge is 2.11. The monoisotopic (exact) mass is 229 g/mol. The van der Waals surface area contributed by atoms with Crippen LogP contribution in [0.5, 0.6) is 0 Å². The molecule has 7 nitrogen and oxygen atoms in total. The molecular weight excluding hydrogens is 218 g/mol. The zero-order chi connectivity index (χ0) is 12.0. The number of rotatable bonds is 1. The van der Waals surface area contributed by atoms with E-state index in [1.54, 1.807) is 21.8 Å². The first-order chi connectivity index (χ1) is 8.15. The van der Waals surface area contributed by atoms with Gasteiger partial charge in [0, 0.05) is 13.2 Å². The summed E-state index contributed by atoms with van der Waals surface area (Å²) in [5.74, 6) is 0.811. The summed E-state index contributed by atoms with van der Waals surface area (Å²) >= 11 is 0. The maximum absolute atomic E-state index is 5.85. The van der Waals surface area contributed by atoms with Crippen molar-refractivity contribution >= 4 is 17.0 Å². The molecule has 0 atom stereocenters. The van der Waals surface area contributed by atoms with Crippen LogP contribution in [0.25, 0.3) is 17.1 Å². The molecule has 3 heterocycles. The molecule has 86 valence electrons. The predicted molar refractivity (Wildman–Crippen MR) is 62.6 cm³/mol. The molecule has 0 amide bonds. The SMILES string of the molecule is Cc1cnn(-c2nc(N)c3ncn(C)c3n2)c1. The number of hydrogen-bond donors (Lipinski definition) is 1. The summed E-state index contributed by atoms with van der Waals surface area (Å²) in [4.78, 5) is 12.7. The van der Waals surface area contributed by atoms with Crippen molar-refractivity contribution in [2.24, 2.45) is 7.05 Å². The van der Waals surface area contributed by atoms with Gasteiger partial charge in [-0.1, -0.05) is 0 Å². The largest absolute Gasteiger partial charge is 0.382 e. The lowest BCUT2D eigenvalue weighted by molar-refractivity contribution is 0.809. The van der Waals surface area contributed by atoms with Crippen molar-refractivity contribution in [3.8, 4) is 5.95 Å². The average molecular weight is 229 g/mol. The van der Waals surface area contributed by atoms with Gasteiger partial charge in [-0.05, 0) is 12.5 Å². The highest BCUT2D eigenvalue weighted by Crippen LogP contribution is 2.16. The Labute approximate surface area is 96.9 Å². The van der Waals surface area contributed by atoms with Crippen molar-refractivity contribution in [3.63, 3.8) is 0 Å². The van der Waals surface area contributed by atoms with Gasteiger partial charge in [0.25, 0.3) is 5.95 Å². The number of imidazole rings is 1. The minimum atomic E-state index is 0.360. The summed E-state index contributed by atoms with van der Waals surface area (Å²) in [5, 5.41) is 4.15. The molecule has 0 radical (unpaired) electrons. The number of hydrogen-bond acceptors (Lipinski definition) is 5. The third-order valence-corrected chi connectivity index (χ3v) is 2.49. The topological polar surface area (TPSA) is 87.4 Å². The molecule has 0 saturated heterocycles. The molecule has 3 aromatic rings. The molecule has 0 bridgehead atoms. The molecule has 2 N–H and O–H groups in total. The number of nitrogens with two attached hydrogens (primary N) is 1. The molecular formula is C10H11N7. The Kier molecular flexibility index (Phi) is 1.88. The first kappa shape index (κ1) is 9.76. The van der Waals surface area contributed by atoms with Gasteiger partial charge in [0.05, 0.1) is 12.5 Å². The van der Waals surface area contributed by atoms with Gasteiger partial charge in [-0.15, -0.1) is 0 Å². The lowest BCUT2D eigenvalue weighted by atomic mass is 10.4. The van der Waals surface area contributed by atoms with Crippen molar-refractivity contribution in [1.82, 2.24) is 29.3 Å². The Morgan fingerprint density at radius 3 is 2.82 bits per heavy atom. The lowest BCUT2D eigenvalue weighted by Crippen LogP contribution is -2.06. The zero-order valence-corrected chi connectivity index (χ0v) is 9.49. The van der Waals surface area contributed by atoms with E-state index in [1.165, 1.54) is 0 Å². The van der Waals surface area contributed by atoms with E-state index >= 15 is 0 Å². The van der Waals surface area contributed by atoms with Crippen molar-refractivity contribution in [2.75, 3.05) is 5.73 Å². The van der Waals surface area contributed by atoms with Crippen molar-refractivity contribution in [2.45, 2.75) is 6.92 Å². The van der Waals surface area contributed by atoms with Crippen LogP contribution in [0.2, 0.25) is 0 Å². The number of aromatic nitrogens is 6. The van der Waals surface area contributed by atoms with Crippen molar-refractivity contribution in [3.05, 3.63) is 24.3 Å². The average Bonchev–Trinajstić information content (AvgIpc) is 2.87. The fraction of sp³-hybridized carbons (Fsp3) is 0.200. The molecule has 17 heavy (non-hydrogen) atoms. The normalized spacial score (nSPS) is 11.2. The Morgan fingerprint density at radius 1 is 1.29 bits per heavy atom. The first-order valence-corrected chi connectivity index (χ1v) is 5.11. The predicted octanol–water partition coefficient (Wildman–Crippen LogP) is 0.440. The van der Waals surface area contributed by atoms with Crippen LogP contribution in [0.15, 0.2) is 18.7 Å². The molecule has 0 spiro atoms. The van der Waals surface area contributed by atoms with Crippen LogP contribution in [0.3, 0.4) is 0 Å². The molecule has 0 fully saturated rings. The minimum Gasteiger partial charge on any atom is -0.382 e. The highest BCUT2D eigenvalue weighted by molar-refractivity contribution is 5.82. The smallest absolute Gasteiger partial charge is 0.254 e. The van der Waals surface area contributed by atoms with E-state index in [-0.39, 0.29) is 0 Å². The molecule has 3 rings (SSSR count). The van der Waals surface area contributed by atoms with E-state index in [4.69, 9.17) is 5.73 Å². The highest BCUT2D eigenvalue weighted by atomic mass is 15.3. The summed E-state index contributed by atoms with van der Waals surface area (Å²) in [5.41, 5.74) is 8.19. The van der Waals surface area contributed by atoms with Crippen molar-refractivity contribution in [1.29, 1.82) is 0 Å². The quantitative estimate of drug-likeness (QED) is 0.654. The molecule has 0 aromatic carbocycles. The number of fused-ring (bicyclic) bond motifs is 1. The maximum atomic E-state index is 5.85. The summed E-state index contributed by atoms with van der Waals surface area (Å²) in [6.45, 7) is 1.95. The second kappa shape index (κ2) is 3.27. The van der Waals surface area contributed by atoms with Gasteiger partial charge in [-0.2, -0.15) is 15.1 Å². The fourth-order valence-electron chi connectivity index (χ4n) is 1.64. The van der Waals surface area contributed by atoms with Gasteiger partial charge >= 0.3 is 0 Å². The first-order valence-electron chi connectivity index (χ1n) is 5.11. The van der Waals surface area contributed by atoms with E-state index in [0.717, 1.165) is 5.56 Å². The minimum absolute atomic E-state index is 0.360. The maximum Gasteiger partial charge on any atom is 0.254 e.